The Hall–Kier alpha value is -1.92. The van der Waals surface area contributed by atoms with Crippen LogP contribution in [0.3, 0.4) is 0 Å². The number of likely N-dealkylation sites (N-methyl/N-ethyl adjacent to an activating group) is 1. The predicted octanol–water partition coefficient (Wildman–Crippen LogP) is 2.58. The van der Waals surface area contributed by atoms with E-state index in [1.54, 1.807) is 17.6 Å². The van der Waals surface area contributed by atoms with E-state index in [0.29, 0.717) is 5.95 Å². The second-order valence-electron chi connectivity index (χ2n) is 4.04. The number of nitrogens with zero attached hydrogens (tertiary/aromatic N) is 2. The zero-order valence-electron chi connectivity index (χ0n) is 10.5. The normalized spacial score (nSPS) is 11.0. The molecule has 6 heteroatoms. The zero-order chi connectivity index (χ0) is 13.1. The van der Waals surface area contributed by atoms with Crippen LogP contribution in [-0.4, -0.2) is 30.1 Å². The van der Waals surface area contributed by atoms with Crippen molar-refractivity contribution in [2.24, 2.45) is 0 Å². The largest absolute Gasteiger partial charge is 0.463 e. The summed E-state index contributed by atoms with van der Waals surface area (Å²) in [6.07, 6.45) is 1.66. The number of hydrogen-bond acceptors (Lipinski definition) is 6. The second kappa shape index (κ2) is 5.38. The number of hydrogen-bond donors (Lipinski definition) is 2. The van der Waals surface area contributed by atoms with E-state index in [0.717, 1.165) is 34.8 Å². The van der Waals surface area contributed by atoms with Crippen molar-refractivity contribution in [2.45, 2.75) is 0 Å². The maximum Gasteiger partial charge on any atom is 0.224 e. The molecule has 0 aliphatic heterocycles. The van der Waals surface area contributed by atoms with Crippen molar-refractivity contribution in [1.82, 2.24) is 15.3 Å². The fourth-order valence-corrected chi connectivity index (χ4v) is 2.65. The van der Waals surface area contributed by atoms with E-state index in [2.05, 4.69) is 20.6 Å². The van der Waals surface area contributed by atoms with Crippen molar-refractivity contribution >= 4 is 27.5 Å². The van der Waals surface area contributed by atoms with Crippen LogP contribution in [0, 0.1) is 0 Å². The van der Waals surface area contributed by atoms with Gasteiger partial charge in [-0.3, -0.25) is 0 Å². The maximum absolute atomic E-state index is 5.45. The molecule has 0 radical (unpaired) electrons. The molecule has 3 rings (SSSR count). The Morgan fingerprint density at radius 3 is 3.00 bits per heavy atom. The highest BCUT2D eigenvalue weighted by Crippen LogP contribution is 2.31. The molecule has 2 N–H and O–H groups in total. The van der Waals surface area contributed by atoms with Gasteiger partial charge in [0, 0.05) is 13.1 Å². The smallest absolute Gasteiger partial charge is 0.224 e. The van der Waals surface area contributed by atoms with Crippen molar-refractivity contribution in [1.29, 1.82) is 0 Å². The molecule has 0 spiro atoms. The van der Waals surface area contributed by atoms with E-state index in [1.165, 1.54) is 0 Å². The van der Waals surface area contributed by atoms with Crippen LogP contribution in [0.4, 0.5) is 5.95 Å². The molecule has 0 unspecified atom stereocenters. The average Bonchev–Trinajstić information content (AvgIpc) is 3.09. The third-order valence-corrected chi connectivity index (χ3v) is 3.63. The Morgan fingerprint density at radius 1 is 1.26 bits per heavy atom. The molecular formula is C13H14N4OS. The van der Waals surface area contributed by atoms with Gasteiger partial charge in [-0.25, -0.2) is 9.97 Å². The van der Waals surface area contributed by atoms with Gasteiger partial charge >= 0.3 is 0 Å². The van der Waals surface area contributed by atoms with E-state index < -0.39 is 0 Å². The number of fused-ring (bicyclic) bond motifs is 1. The number of rotatable bonds is 5. The van der Waals surface area contributed by atoms with E-state index in [-0.39, 0.29) is 0 Å². The Bertz CT molecular complexity index is 662. The highest BCUT2D eigenvalue weighted by Gasteiger charge is 2.12. The molecule has 0 aromatic carbocycles. The highest BCUT2D eigenvalue weighted by atomic mass is 32.1. The van der Waals surface area contributed by atoms with Crippen LogP contribution in [0.1, 0.15) is 0 Å². The first-order chi connectivity index (χ1) is 9.38. The minimum absolute atomic E-state index is 0.632. The van der Waals surface area contributed by atoms with Crippen molar-refractivity contribution in [3.8, 4) is 11.5 Å². The summed E-state index contributed by atoms with van der Waals surface area (Å²) in [4.78, 5) is 9.05. The first kappa shape index (κ1) is 12.1. The van der Waals surface area contributed by atoms with Crippen LogP contribution in [0.2, 0.25) is 0 Å². The predicted molar refractivity (Wildman–Crippen MR) is 77.5 cm³/mol. The molecule has 0 aliphatic rings. The summed E-state index contributed by atoms with van der Waals surface area (Å²) in [7, 11) is 1.92. The van der Waals surface area contributed by atoms with E-state index in [9.17, 15) is 0 Å². The van der Waals surface area contributed by atoms with Crippen molar-refractivity contribution in [2.75, 3.05) is 25.5 Å². The molecule has 0 bridgehead atoms. The molecule has 3 aromatic rings. The summed E-state index contributed by atoms with van der Waals surface area (Å²) in [6, 6.07) is 5.78. The van der Waals surface area contributed by atoms with Gasteiger partial charge < -0.3 is 15.1 Å². The number of thiophene rings is 1. The molecular weight excluding hydrogens is 260 g/mol. The number of anilines is 1. The standard InChI is InChI=1S/C13H14N4OS/c1-14-5-6-15-13-16-9-4-8-19-12(9)11(17-13)10-3-2-7-18-10/h2-4,7-8,14H,5-6H2,1H3,(H,15,16,17). The van der Waals surface area contributed by atoms with Gasteiger partial charge in [0.05, 0.1) is 16.5 Å². The lowest BCUT2D eigenvalue weighted by atomic mass is 10.3. The molecule has 3 aromatic heterocycles. The summed E-state index contributed by atoms with van der Waals surface area (Å²) in [5.74, 6) is 1.40. The number of nitrogens with one attached hydrogen (secondary N) is 2. The minimum Gasteiger partial charge on any atom is -0.463 e. The summed E-state index contributed by atoms with van der Waals surface area (Å²) in [6.45, 7) is 1.64. The molecule has 0 fully saturated rings. The number of aromatic nitrogens is 2. The Labute approximate surface area is 114 Å². The molecule has 3 heterocycles. The van der Waals surface area contributed by atoms with Crippen LogP contribution in [-0.2, 0) is 0 Å². The molecule has 19 heavy (non-hydrogen) atoms. The molecule has 0 aliphatic carbocycles. The third kappa shape index (κ3) is 2.45. The fourth-order valence-electron chi connectivity index (χ4n) is 1.82. The van der Waals surface area contributed by atoms with Crippen LogP contribution in [0.25, 0.3) is 21.7 Å². The van der Waals surface area contributed by atoms with Gasteiger partial charge in [-0.2, -0.15) is 0 Å². The van der Waals surface area contributed by atoms with Crippen LogP contribution < -0.4 is 10.6 Å². The zero-order valence-corrected chi connectivity index (χ0v) is 11.3. The summed E-state index contributed by atoms with van der Waals surface area (Å²) >= 11 is 1.62. The lowest BCUT2D eigenvalue weighted by Crippen LogP contribution is -2.18. The van der Waals surface area contributed by atoms with Gasteiger partial charge in [-0.15, -0.1) is 11.3 Å². The van der Waals surface area contributed by atoms with Gasteiger partial charge in [0.25, 0.3) is 0 Å². The van der Waals surface area contributed by atoms with E-state index >= 15 is 0 Å². The van der Waals surface area contributed by atoms with Gasteiger partial charge in [0.2, 0.25) is 5.95 Å². The molecule has 5 nitrogen and oxygen atoms in total. The van der Waals surface area contributed by atoms with Crippen LogP contribution >= 0.6 is 11.3 Å². The number of furan rings is 1. The Kier molecular flexibility index (Phi) is 3.43. The van der Waals surface area contributed by atoms with Crippen molar-refractivity contribution in [3.05, 3.63) is 29.8 Å². The van der Waals surface area contributed by atoms with E-state index in [4.69, 9.17) is 4.42 Å². The van der Waals surface area contributed by atoms with Crippen molar-refractivity contribution < 1.29 is 4.42 Å². The summed E-state index contributed by atoms with van der Waals surface area (Å²) < 4.78 is 6.50. The molecule has 0 saturated heterocycles. The minimum atomic E-state index is 0.632. The quantitative estimate of drug-likeness (QED) is 0.700. The van der Waals surface area contributed by atoms with Gasteiger partial charge in [0.1, 0.15) is 5.69 Å². The van der Waals surface area contributed by atoms with Gasteiger partial charge in [0.15, 0.2) is 5.76 Å². The Morgan fingerprint density at radius 2 is 2.21 bits per heavy atom. The topological polar surface area (TPSA) is 63.0 Å². The molecule has 0 amide bonds. The van der Waals surface area contributed by atoms with Gasteiger partial charge in [-0.05, 0) is 30.6 Å². The van der Waals surface area contributed by atoms with Crippen molar-refractivity contribution in [3.63, 3.8) is 0 Å². The lowest BCUT2D eigenvalue weighted by Gasteiger charge is -2.06. The monoisotopic (exact) mass is 274 g/mol. The van der Waals surface area contributed by atoms with Gasteiger partial charge in [-0.1, -0.05) is 0 Å². The summed E-state index contributed by atoms with van der Waals surface area (Å²) in [5, 5.41) is 8.30. The van der Waals surface area contributed by atoms with Crippen LogP contribution in [0.15, 0.2) is 34.3 Å². The lowest BCUT2D eigenvalue weighted by molar-refractivity contribution is 0.581. The molecule has 0 saturated carbocycles. The summed E-state index contributed by atoms with van der Waals surface area (Å²) in [5.41, 5.74) is 1.79. The average molecular weight is 274 g/mol. The van der Waals surface area contributed by atoms with E-state index in [1.807, 2.05) is 30.6 Å². The molecule has 98 valence electrons. The Balaban J connectivity index is 2.01. The first-order valence-corrected chi connectivity index (χ1v) is 6.94. The second-order valence-corrected chi connectivity index (χ2v) is 4.95. The SMILES string of the molecule is CNCCNc1nc(-c2ccco2)c2sccc2n1. The first-order valence-electron chi connectivity index (χ1n) is 6.06. The maximum atomic E-state index is 5.45. The molecule has 0 atom stereocenters. The van der Waals surface area contributed by atoms with Crippen LogP contribution in [0.5, 0.6) is 0 Å². The fraction of sp³-hybridized carbons (Fsp3) is 0.231. The third-order valence-electron chi connectivity index (χ3n) is 2.72. The highest BCUT2D eigenvalue weighted by molar-refractivity contribution is 7.17.